The van der Waals surface area contributed by atoms with Crippen LogP contribution < -0.4 is 5.32 Å². The second kappa shape index (κ2) is 51.4. The normalized spacial score (nSPS) is 13.8. The Labute approximate surface area is 378 Å². The van der Waals surface area contributed by atoms with Crippen molar-refractivity contribution in [3.8, 4) is 0 Å². The molecule has 2 unspecified atom stereocenters. The first-order valence-corrected chi connectivity index (χ1v) is 25.6. The Morgan fingerprint density at radius 1 is 0.410 bits per heavy atom. The molecule has 0 aromatic carbocycles. The van der Waals surface area contributed by atoms with Gasteiger partial charge in [0.05, 0.1) is 18.8 Å². The molecule has 3 N–H and O–H groups in total. The maximum Gasteiger partial charge on any atom is 0.220 e. The van der Waals surface area contributed by atoms with E-state index in [1.807, 2.05) is 6.08 Å². The molecule has 0 spiro atoms. The van der Waals surface area contributed by atoms with Gasteiger partial charge in [-0.3, -0.25) is 4.79 Å². The van der Waals surface area contributed by atoms with Gasteiger partial charge in [0.1, 0.15) is 0 Å². The first-order chi connectivity index (χ1) is 30.2. The van der Waals surface area contributed by atoms with Crippen molar-refractivity contribution in [3.05, 3.63) is 109 Å². The summed E-state index contributed by atoms with van der Waals surface area (Å²) in [5.41, 5.74) is 0. The lowest BCUT2D eigenvalue weighted by atomic mass is 10.0. The van der Waals surface area contributed by atoms with E-state index in [4.69, 9.17) is 0 Å². The molecule has 0 fully saturated rings. The minimum Gasteiger partial charge on any atom is -0.394 e. The van der Waals surface area contributed by atoms with Crippen LogP contribution in [0.2, 0.25) is 0 Å². The maximum absolute atomic E-state index is 12.3. The van der Waals surface area contributed by atoms with Gasteiger partial charge >= 0.3 is 0 Å². The topological polar surface area (TPSA) is 69.6 Å². The summed E-state index contributed by atoms with van der Waals surface area (Å²) in [5, 5.41) is 22.8. The van der Waals surface area contributed by atoms with Crippen molar-refractivity contribution in [1.29, 1.82) is 0 Å². The summed E-state index contributed by atoms with van der Waals surface area (Å²) in [7, 11) is 0. The van der Waals surface area contributed by atoms with Gasteiger partial charge in [-0.15, -0.1) is 0 Å². The van der Waals surface area contributed by atoms with Crippen molar-refractivity contribution >= 4 is 5.91 Å². The van der Waals surface area contributed by atoms with Crippen molar-refractivity contribution < 1.29 is 15.0 Å². The van der Waals surface area contributed by atoms with Crippen LogP contribution in [-0.4, -0.2) is 34.9 Å². The molecule has 348 valence electrons. The van der Waals surface area contributed by atoms with Crippen LogP contribution in [0.1, 0.15) is 226 Å². The van der Waals surface area contributed by atoms with E-state index in [0.29, 0.717) is 6.42 Å². The lowest BCUT2D eigenvalue weighted by Crippen LogP contribution is -2.45. The van der Waals surface area contributed by atoms with E-state index in [0.717, 1.165) is 77.0 Å². The van der Waals surface area contributed by atoms with Crippen molar-refractivity contribution in [2.75, 3.05) is 6.61 Å². The zero-order chi connectivity index (χ0) is 44.2. The molecule has 0 rings (SSSR count). The highest BCUT2D eigenvalue weighted by atomic mass is 16.3. The molecule has 1 amide bonds. The van der Waals surface area contributed by atoms with Crippen LogP contribution >= 0.6 is 0 Å². The monoisotopic (exact) mass is 844 g/mol. The van der Waals surface area contributed by atoms with Crippen molar-refractivity contribution in [3.63, 3.8) is 0 Å². The molecular formula is C57H97NO3. The van der Waals surface area contributed by atoms with Gasteiger partial charge in [-0.05, 0) is 83.5 Å². The van der Waals surface area contributed by atoms with Gasteiger partial charge in [-0.2, -0.15) is 0 Å². The molecule has 2 atom stereocenters. The number of allylic oxidation sites excluding steroid dienone is 17. The highest BCUT2D eigenvalue weighted by molar-refractivity contribution is 5.76. The molecule has 0 aromatic heterocycles. The Balaban J connectivity index is 3.46. The summed E-state index contributed by atoms with van der Waals surface area (Å²) in [4.78, 5) is 12.3. The SMILES string of the molecule is CC/C=C\C/C=C\C/C=C\C/C=C\C/C=C\C/C=C\C/C=C\CCCCCCCCCCCCCCCCCCCCCC(=O)NC(CO)C(O)/C=C/CC/C=C/CCCC. The molecule has 0 radical (unpaired) electrons. The second-order valence-corrected chi connectivity index (χ2v) is 16.8. The predicted molar refractivity (Wildman–Crippen MR) is 271 cm³/mol. The Hall–Kier alpha value is -2.95. The third kappa shape index (κ3) is 47.9. The van der Waals surface area contributed by atoms with Gasteiger partial charge in [-0.25, -0.2) is 0 Å². The molecule has 0 heterocycles. The van der Waals surface area contributed by atoms with Crippen molar-refractivity contribution in [2.45, 2.75) is 238 Å². The van der Waals surface area contributed by atoms with Crippen LogP contribution in [-0.2, 0) is 4.79 Å². The highest BCUT2D eigenvalue weighted by Crippen LogP contribution is 2.15. The maximum atomic E-state index is 12.3. The molecular weight excluding hydrogens is 747 g/mol. The van der Waals surface area contributed by atoms with Crippen LogP contribution in [0.25, 0.3) is 0 Å². The fourth-order valence-corrected chi connectivity index (χ4v) is 7.10. The lowest BCUT2D eigenvalue weighted by molar-refractivity contribution is -0.123. The minimum atomic E-state index is -0.862. The summed E-state index contributed by atoms with van der Waals surface area (Å²) in [6.07, 6.45) is 78.3. The zero-order valence-electron chi connectivity index (χ0n) is 39.9. The van der Waals surface area contributed by atoms with Gasteiger partial charge < -0.3 is 15.5 Å². The van der Waals surface area contributed by atoms with Gasteiger partial charge in [-0.1, -0.05) is 245 Å². The average molecular weight is 844 g/mol. The first kappa shape index (κ1) is 58.0. The summed E-state index contributed by atoms with van der Waals surface area (Å²) < 4.78 is 0. The number of rotatable bonds is 45. The second-order valence-electron chi connectivity index (χ2n) is 16.8. The van der Waals surface area contributed by atoms with Crippen LogP contribution in [0.5, 0.6) is 0 Å². The lowest BCUT2D eigenvalue weighted by Gasteiger charge is -2.19. The average Bonchev–Trinajstić information content (AvgIpc) is 3.26. The van der Waals surface area contributed by atoms with E-state index >= 15 is 0 Å². The molecule has 0 aliphatic rings. The number of aliphatic hydroxyl groups is 2. The number of hydrogen-bond acceptors (Lipinski definition) is 3. The Morgan fingerprint density at radius 2 is 0.738 bits per heavy atom. The number of amides is 1. The fraction of sp³-hybridized carbons (Fsp3) is 0.667. The molecule has 4 heteroatoms. The minimum absolute atomic E-state index is 0.0795. The molecule has 4 nitrogen and oxygen atoms in total. The number of carbonyl (C=O) groups excluding carboxylic acids is 1. The van der Waals surface area contributed by atoms with Gasteiger partial charge in [0.15, 0.2) is 0 Å². The number of nitrogens with one attached hydrogen (secondary N) is 1. The van der Waals surface area contributed by atoms with Crippen LogP contribution in [0.3, 0.4) is 0 Å². The zero-order valence-corrected chi connectivity index (χ0v) is 39.9. The van der Waals surface area contributed by atoms with Crippen LogP contribution in [0, 0.1) is 0 Å². The molecule has 0 saturated heterocycles. The van der Waals surface area contributed by atoms with E-state index in [-0.39, 0.29) is 12.5 Å². The molecule has 0 saturated carbocycles. The van der Waals surface area contributed by atoms with E-state index < -0.39 is 12.1 Å². The summed E-state index contributed by atoms with van der Waals surface area (Å²) >= 11 is 0. The molecule has 0 aliphatic carbocycles. The van der Waals surface area contributed by atoms with Crippen LogP contribution in [0.15, 0.2) is 109 Å². The van der Waals surface area contributed by atoms with Crippen LogP contribution in [0.4, 0.5) is 0 Å². The molecule has 61 heavy (non-hydrogen) atoms. The first-order valence-electron chi connectivity index (χ1n) is 25.6. The predicted octanol–water partition coefficient (Wildman–Crippen LogP) is 16.7. The van der Waals surface area contributed by atoms with E-state index in [1.54, 1.807) is 6.08 Å². The van der Waals surface area contributed by atoms with Crippen molar-refractivity contribution in [1.82, 2.24) is 5.32 Å². The largest absolute Gasteiger partial charge is 0.394 e. The van der Waals surface area contributed by atoms with Crippen molar-refractivity contribution in [2.24, 2.45) is 0 Å². The fourth-order valence-electron chi connectivity index (χ4n) is 7.10. The molecule has 0 aromatic rings. The summed E-state index contributed by atoms with van der Waals surface area (Å²) in [6, 6.07) is -0.639. The van der Waals surface area contributed by atoms with Gasteiger partial charge in [0, 0.05) is 6.42 Å². The third-order valence-corrected chi connectivity index (χ3v) is 11.0. The Morgan fingerprint density at radius 3 is 1.15 bits per heavy atom. The van der Waals surface area contributed by atoms with E-state index in [1.165, 1.54) is 128 Å². The number of unbranched alkanes of at least 4 members (excludes halogenated alkanes) is 22. The summed E-state index contributed by atoms with van der Waals surface area (Å²) in [6.45, 7) is 4.10. The molecule has 0 bridgehead atoms. The van der Waals surface area contributed by atoms with Gasteiger partial charge in [0.2, 0.25) is 5.91 Å². The highest BCUT2D eigenvalue weighted by Gasteiger charge is 2.17. The quantitative estimate of drug-likeness (QED) is 0.0422. The standard InChI is InChI=1S/C57H97NO3/c1-3-5-7-9-11-13-14-15-16-17-18-19-20-21-22-23-24-25-26-27-28-29-30-31-32-33-34-35-36-37-38-39-40-41-42-43-44-45-47-49-51-53-57(61)58-55(54-59)56(60)52-50-48-46-12-10-8-6-4-2/h5,7,10-13,15-16,18-19,21-22,24-25,27-28,50,52,55-56,59-60H,3-4,6,8-9,14,17,20,23,26,29-49,51,53-54H2,1-2H3,(H,58,61)/b7-5-,12-10+,13-11-,16-15-,19-18-,22-21-,25-24-,28-27-,52-50+. The number of aliphatic hydroxyl groups excluding tert-OH is 2. The number of hydrogen-bond donors (Lipinski definition) is 3. The molecule has 0 aliphatic heterocycles. The smallest absolute Gasteiger partial charge is 0.220 e. The van der Waals surface area contributed by atoms with E-state index in [2.05, 4.69) is 116 Å². The number of carbonyl (C=O) groups is 1. The Bertz CT molecular complexity index is 1180. The third-order valence-electron chi connectivity index (χ3n) is 11.0. The van der Waals surface area contributed by atoms with Gasteiger partial charge in [0.25, 0.3) is 0 Å². The Kier molecular flexibility index (Phi) is 48.9. The summed E-state index contributed by atoms with van der Waals surface area (Å²) in [5.74, 6) is -0.0795. The van der Waals surface area contributed by atoms with E-state index in [9.17, 15) is 15.0 Å².